The van der Waals surface area contributed by atoms with E-state index in [1.54, 1.807) is 0 Å². The maximum absolute atomic E-state index is 3.41. The van der Waals surface area contributed by atoms with Gasteiger partial charge in [0.25, 0.3) is 0 Å². The lowest BCUT2D eigenvalue weighted by molar-refractivity contribution is 0.669. The standard InChI is InChI=1S/C17H26N2S/c1-3-18-11-6-8-15-14-19(12-7-13-20-2)17-10-5-4-9-16(15)17/h4-5,9-10,14,18H,3,6-8,11-13H2,1-2H3. The zero-order valence-electron chi connectivity index (χ0n) is 12.7. The molecule has 2 rings (SSSR count). The van der Waals surface area contributed by atoms with Crippen molar-refractivity contribution in [2.24, 2.45) is 0 Å². The van der Waals surface area contributed by atoms with Crippen molar-refractivity contribution in [3.8, 4) is 0 Å². The molecule has 2 nitrogen and oxygen atoms in total. The first-order valence-corrected chi connectivity index (χ1v) is 9.02. The molecule has 0 saturated carbocycles. The lowest BCUT2D eigenvalue weighted by Crippen LogP contribution is -2.14. The van der Waals surface area contributed by atoms with Crippen LogP contribution in [0.2, 0.25) is 0 Å². The molecule has 110 valence electrons. The number of fused-ring (bicyclic) bond motifs is 1. The summed E-state index contributed by atoms with van der Waals surface area (Å²) in [4.78, 5) is 0. The minimum absolute atomic E-state index is 1.07. The number of hydrogen-bond acceptors (Lipinski definition) is 2. The molecule has 0 radical (unpaired) electrons. The van der Waals surface area contributed by atoms with Crippen molar-refractivity contribution in [2.45, 2.75) is 32.7 Å². The summed E-state index contributed by atoms with van der Waals surface area (Å²) in [5.41, 5.74) is 2.90. The third kappa shape index (κ3) is 4.03. The summed E-state index contributed by atoms with van der Waals surface area (Å²) in [6.45, 7) is 5.48. The second kappa shape index (κ2) is 8.38. The lowest BCUT2D eigenvalue weighted by Gasteiger charge is -2.03. The number of aromatic nitrogens is 1. The molecule has 1 heterocycles. The van der Waals surface area contributed by atoms with E-state index in [2.05, 4.69) is 53.5 Å². The molecule has 1 aromatic heterocycles. The molecule has 0 aliphatic heterocycles. The Kier molecular flexibility index (Phi) is 6.48. The summed E-state index contributed by atoms with van der Waals surface area (Å²) in [5.74, 6) is 1.24. The highest BCUT2D eigenvalue weighted by molar-refractivity contribution is 7.98. The summed E-state index contributed by atoms with van der Waals surface area (Å²) in [7, 11) is 0. The summed E-state index contributed by atoms with van der Waals surface area (Å²) in [6, 6.07) is 8.82. The van der Waals surface area contributed by atoms with Gasteiger partial charge >= 0.3 is 0 Å². The molecule has 0 atom stereocenters. The van der Waals surface area contributed by atoms with Crippen molar-refractivity contribution in [2.75, 3.05) is 25.1 Å². The van der Waals surface area contributed by atoms with Crippen molar-refractivity contribution >= 4 is 22.7 Å². The number of hydrogen-bond donors (Lipinski definition) is 1. The molecule has 0 aliphatic carbocycles. The maximum Gasteiger partial charge on any atom is 0.0483 e. The zero-order chi connectivity index (χ0) is 14.2. The highest BCUT2D eigenvalue weighted by Gasteiger charge is 2.07. The summed E-state index contributed by atoms with van der Waals surface area (Å²) in [6.07, 6.45) is 8.18. The van der Waals surface area contributed by atoms with E-state index < -0.39 is 0 Å². The van der Waals surface area contributed by atoms with Gasteiger partial charge in [0.05, 0.1) is 0 Å². The van der Waals surface area contributed by atoms with E-state index in [1.165, 1.54) is 41.5 Å². The minimum Gasteiger partial charge on any atom is -0.347 e. The molecule has 0 unspecified atom stereocenters. The maximum atomic E-state index is 3.41. The van der Waals surface area contributed by atoms with Gasteiger partial charge in [-0.25, -0.2) is 0 Å². The van der Waals surface area contributed by atoms with Gasteiger partial charge in [0.2, 0.25) is 0 Å². The molecule has 0 saturated heterocycles. The first-order valence-electron chi connectivity index (χ1n) is 7.63. The van der Waals surface area contributed by atoms with Crippen molar-refractivity contribution in [3.05, 3.63) is 36.0 Å². The van der Waals surface area contributed by atoms with Crippen LogP contribution in [-0.4, -0.2) is 29.7 Å². The van der Waals surface area contributed by atoms with Crippen molar-refractivity contribution in [1.82, 2.24) is 9.88 Å². The Hall–Kier alpha value is -0.930. The summed E-state index contributed by atoms with van der Waals surface area (Å²) < 4.78 is 2.44. The lowest BCUT2D eigenvalue weighted by atomic mass is 10.1. The third-order valence-electron chi connectivity index (χ3n) is 3.67. The van der Waals surface area contributed by atoms with Gasteiger partial charge in [-0.05, 0) is 56.0 Å². The Morgan fingerprint density at radius 1 is 1.20 bits per heavy atom. The van der Waals surface area contributed by atoms with E-state index >= 15 is 0 Å². The van der Waals surface area contributed by atoms with Crippen LogP contribution in [0.15, 0.2) is 30.5 Å². The fourth-order valence-electron chi connectivity index (χ4n) is 2.67. The van der Waals surface area contributed by atoms with Crippen molar-refractivity contribution in [3.63, 3.8) is 0 Å². The molecule has 0 fully saturated rings. The van der Waals surface area contributed by atoms with Crippen LogP contribution in [0.25, 0.3) is 10.9 Å². The van der Waals surface area contributed by atoms with Gasteiger partial charge in [0, 0.05) is 23.6 Å². The van der Waals surface area contributed by atoms with Crippen LogP contribution in [0.4, 0.5) is 0 Å². The smallest absolute Gasteiger partial charge is 0.0483 e. The highest BCUT2D eigenvalue weighted by atomic mass is 32.2. The number of aryl methyl sites for hydroxylation is 2. The molecule has 0 amide bonds. The number of rotatable bonds is 9. The molecule has 0 spiro atoms. The Bertz CT molecular complexity index is 519. The number of nitrogens with zero attached hydrogens (tertiary/aromatic N) is 1. The average molecular weight is 290 g/mol. The fraction of sp³-hybridized carbons (Fsp3) is 0.529. The van der Waals surface area contributed by atoms with Gasteiger partial charge in [0.15, 0.2) is 0 Å². The SMILES string of the molecule is CCNCCCc1cn(CCCSC)c2ccccc12. The van der Waals surface area contributed by atoms with Gasteiger partial charge in [-0.15, -0.1) is 0 Å². The Balaban J connectivity index is 2.09. The quantitative estimate of drug-likeness (QED) is 0.705. The number of para-hydroxylation sites is 1. The van der Waals surface area contributed by atoms with E-state index in [0.29, 0.717) is 0 Å². The van der Waals surface area contributed by atoms with Crippen LogP contribution < -0.4 is 5.32 Å². The van der Waals surface area contributed by atoms with Crippen LogP contribution in [0.1, 0.15) is 25.3 Å². The molecule has 2 aromatic rings. The molecule has 1 N–H and O–H groups in total. The van der Waals surface area contributed by atoms with Gasteiger partial charge < -0.3 is 9.88 Å². The molecular weight excluding hydrogens is 264 g/mol. The molecule has 20 heavy (non-hydrogen) atoms. The number of benzene rings is 1. The van der Waals surface area contributed by atoms with E-state index in [4.69, 9.17) is 0 Å². The minimum atomic E-state index is 1.07. The molecule has 3 heteroatoms. The van der Waals surface area contributed by atoms with E-state index in [0.717, 1.165) is 19.6 Å². The number of nitrogens with one attached hydrogen (secondary N) is 1. The van der Waals surface area contributed by atoms with Crippen LogP contribution in [0.3, 0.4) is 0 Å². The van der Waals surface area contributed by atoms with Crippen LogP contribution >= 0.6 is 11.8 Å². The normalized spacial score (nSPS) is 11.3. The average Bonchev–Trinajstić information content (AvgIpc) is 2.83. The van der Waals surface area contributed by atoms with E-state index in [-0.39, 0.29) is 0 Å². The van der Waals surface area contributed by atoms with Crippen LogP contribution in [0.5, 0.6) is 0 Å². The monoisotopic (exact) mass is 290 g/mol. The first kappa shape index (κ1) is 15.5. The Morgan fingerprint density at radius 2 is 2.05 bits per heavy atom. The molecular formula is C17H26N2S. The third-order valence-corrected chi connectivity index (χ3v) is 4.37. The predicted octanol–water partition coefficient (Wildman–Crippen LogP) is 3.94. The van der Waals surface area contributed by atoms with E-state index in [9.17, 15) is 0 Å². The largest absolute Gasteiger partial charge is 0.347 e. The molecule has 0 bridgehead atoms. The second-order valence-corrected chi connectivity index (χ2v) is 6.15. The van der Waals surface area contributed by atoms with Gasteiger partial charge in [-0.3, -0.25) is 0 Å². The topological polar surface area (TPSA) is 17.0 Å². The zero-order valence-corrected chi connectivity index (χ0v) is 13.5. The predicted molar refractivity (Wildman–Crippen MR) is 91.8 cm³/mol. The molecule has 0 aliphatic rings. The fourth-order valence-corrected chi connectivity index (χ4v) is 3.08. The van der Waals surface area contributed by atoms with Gasteiger partial charge in [0.1, 0.15) is 0 Å². The van der Waals surface area contributed by atoms with Crippen molar-refractivity contribution in [1.29, 1.82) is 0 Å². The van der Waals surface area contributed by atoms with E-state index in [1.807, 2.05) is 11.8 Å². The molecule has 1 aromatic carbocycles. The van der Waals surface area contributed by atoms with Crippen LogP contribution in [-0.2, 0) is 13.0 Å². The summed E-state index contributed by atoms with van der Waals surface area (Å²) >= 11 is 1.93. The van der Waals surface area contributed by atoms with Gasteiger partial charge in [-0.1, -0.05) is 25.1 Å². The van der Waals surface area contributed by atoms with Crippen LogP contribution in [0, 0.1) is 0 Å². The Labute approximate surface area is 126 Å². The van der Waals surface area contributed by atoms with Gasteiger partial charge in [-0.2, -0.15) is 11.8 Å². The first-order chi connectivity index (χ1) is 9.86. The van der Waals surface area contributed by atoms with Crippen molar-refractivity contribution < 1.29 is 0 Å². The second-order valence-electron chi connectivity index (χ2n) is 5.17. The Morgan fingerprint density at radius 3 is 2.85 bits per heavy atom. The summed E-state index contributed by atoms with van der Waals surface area (Å²) in [5, 5.41) is 4.84. The number of thioether (sulfide) groups is 1. The highest BCUT2D eigenvalue weighted by Crippen LogP contribution is 2.23.